The molecule has 0 bridgehead atoms. The molecule has 0 aliphatic carbocycles. The van der Waals surface area contributed by atoms with Crippen LogP contribution in [0.4, 0.5) is 10.5 Å². The summed E-state index contributed by atoms with van der Waals surface area (Å²) in [6.07, 6.45) is 0.717. The second-order valence-electron chi connectivity index (χ2n) is 4.64. The number of amides is 2. The van der Waals surface area contributed by atoms with Gasteiger partial charge in [-0.2, -0.15) is 0 Å². The van der Waals surface area contributed by atoms with Crippen LogP contribution in [-0.2, 0) is 4.79 Å². The van der Waals surface area contributed by atoms with E-state index < -0.39 is 5.97 Å². The van der Waals surface area contributed by atoms with Gasteiger partial charge in [0.15, 0.2) is 0 Å². The molecule has 0 radical (unpaired) electrons. The molecule has 0 aliphatic heterocycles. The number of carboxylic acids is 1. The van der Waals surface area contributed by atoms with Crippen LogP contribution >= 0.6 is 0 Å². The number of phenolic OH excluding ortho intramolecular Hbond substituents is 1. The van der Waals surface area contributed by atoms with E-state index in [9.17, 15) is 14.7 Å². The number of anilines is 1. The fourth-order valence-electron chi connectivity index (χ4n) is 1.78. The Balaban J connectivity index is 2.55. The van der Waals surface area contributed by atoms with E-state index >= 15 is 0 Å². The number of aliphatic carboxylic acids is 1. The lowest BCUT2D eigenvalue weighted by Gasteiger charge is -2.20. The summed E-state index contributed by atoms with van der Waals surface area (Å²) in [6, 6.07) is 6.02. The minimum atomic E-state index is -0.868. The van der Waals surface area contributed by atoms with Gasteiger partial charge in [-0.1, -0.05) is 19.4 Å². The number of rotatable bonds is 6. The van der Waals surface area contributed by atoms with Crippen LogP contribution in [0.25, 0.3) is 0 Å². The molecule has 1 aromatic rings. The summed E-state index contributed by atoms with van der Waals surface area (Å²) >= 11 is 0. The number of hydrogen-bond donors (Lipinski definition) is 3. The Morgan fingerprint density at radius 1 is 1.40 bits per heavy atom. The summed E-state index contributed by atoms with van der Waals surface area (Å²) in [4.78, 5) is 24.0. The van der Waals surface area contributed by atoms with Crippen molar-refractivity contribution in [2.75, 3.05) is 18.5 Å². The maximum Gasteiger partial charge on any atom is 0.321 e. The molecule has 1 aromatic carbocycles. The fraction of sp³-hybridized carbons (Fsp3) is 0.429. The van der Waals surface area contributed by atoms with Gasteiger partial charge >= 0.3 is 12.0 Å². The first-order valence-corrected chi connectivity index (χ1v) is 6.46. The minimum Gasteiger partial charge on any atom is -0.508 e. The van der Waals surface area contributed by atoms with Gasteiger partial charge in [0.2, 0.25) is 0 Å². The van der Waals surface area contributed by atoms with Crippen molar-refractivity contribution in [1.82, 2.24) is 5.32 Å². The van der Waals surface area contributed by atoms with Crippen LogP contribution < -0.4 is 10.2 Å². The second kappa shape index (κ2) is 7.37. The van der Waals surface area contributed by atoms with Gasteiger partial charge in [-0.05, 0) is 18.1 Å². The molecule has 0 aromatic heterocycles. The first kappa shape index (κ1) is 15.8. The highest BCUT2D eigenvalue weighted by atomic mass is 16.4. The molecule has 0 saturated heterocycles. The van der Waals surface area contributed by atoms with Gasteiger partial charge in [-0.3, -0.25) is 9.69 Å². The molecular weight excluding hydrogens is 260 g/mol. The molecule has 1 rings (SSSR count). The molecule has 1 atom stereocenters. The number of phenols is 1. The standard InChI is InChI=1S/C14H20N2O4/c1-3-10(7-13(18)19)9-15-14(20)16(2)11-5-4-6-12(17)8-11/h4-6,8,10,17H,3,7,9H2,1-2H3,(H,15,20)(H,18,19). The zero-order valence-electron chi connectivity index (χ0n) is 11.7. The van der Waals surface area contributed by atoms with Gasteiger partial charge in [0.05, 0.1) is 0 Å². The Bertz CT molecular complexity index is 476. The normalized spacial score (nSPS) is 11.7. The van der Waals surface area contributed by atoms with Crippen LogP contribution in [-0.4, -0.2) is 35.8 Å². The summed E-state index contributed by atoms with van der Waals surface area (Å²) in [6.45, 7) is 2.20. The predicted molar refractivity (Wildman–Crippen MR) is 75.9 cm³/mol. The van der Waals surface area contributed by atoms with E-state index in [4.69, 9.17) is 5.11 Å². The molecule has 110 valence electrons. The highest BCUT2D eigenvalue weighted by Gasteiger charge is 2.15. The third kappa shape index (κ3) is 4.79. The maximum absolute atomic E-state index is 11.9. The first-order chi connectivity index (χ1) is 9.43. The Kier molecular flexibility index (Phi) is 5.83. The van der Waals surface area contributed by atoms with Crippen molar-refractivity contribution in [1.29, 1.82) is 0 Å². The Morgan fingerprint density at radius 3 is 2.65 bits per heavy atom. The maximum atomic E-state index is 11.9. The highest BCUT2D eigenvalue weighted by molar-refractivity contribution is 5.91. The van der Waals surface area contributed by atoms with Crippen molar-refractivity contribution >= 4 is 17.7 Å². The van der Waals surface area contributed by atoms with Gasteiger partial charge in [0.25, 0.3) is 0 Å². The average Bonchev–Trinajstić information content (AvgIpc) is 2.41. The lowest BCUT2D eigenvalue weighted by molar-refractivity contribution is -0.138. The topological polar surface area (TPSA) is 89.9 Å². The highest BCUT2D eigenvalue weighted by Crippen LogP contribution is 2.18. The number of nitrogens with zero attached hydrogens (tertiary/aromatic N) is 1. The van der Waals surface area contributed by atoms with Crippen LogP contribution in [0.5, 0.6) is 5.75 Å². The van der Waals surface area contributed by atoms with Crippen molar-refractivity contribution in [2.24, 2.45) is 5.92 Å². The third-order valence-electron chi connectivity index (χ3n) is 3.10. The van der Waals surface area contributed by atoms with Crippen LogP contribution in [0.3, 0.4) is 0 Å². The number of urea groups is 1. The smallest absolute Gasteiger partial charge is 0.321 e. The number of carbonyl (C=O) groups is 2. The van der Waals surface area contributed by atoms with Gasteiger partial charge in [-0.15, -0.1) is 0 Å². The van der Waals surface area contributed by atoms with Crippen molar-refractivity contribution in [2.45, 2.75) is 19.8 Å². The Morgan fingerprint density at radius 2 is 2.10 bits per heavy atom. The summed E-state index contributed by atoms with van der Waals surface area (Å²) < 4.78 is 0. The molecule has 1 unspecified atom stereocenters. The molecule has 3 N–H and O–H groups in total. The predicted octanol–water partition coefficient (Wildman–Crippen LogP) is 2.04. The quantitative estimate of drug-likeness (QED) is 0.743. The average molecular weight is 280 g/mol. The zero-order valence-corrected chi connectivity index (χ0v) is 11.7. The molecule has 6 heteroatoms. The Labute approximate surface area is 118 Å². The first-order valence-electron chi connectivity index (χ1n) is 6.46. The van der Waals surface area contributed by atoms with E-state index in [2.05, 4.69) is 5.32 Å². The second-order valence-corrected chi connectivity index (χ2v) is 4.64. The van der Waals surface area contributed by atoms with Gasteiger partial charge in [0, 0.05) is 31.8 Å². The number of benzene rings is 1. The summed E-state index contributed by atoms with van der Waals surface area (Å²) in [7, 11) is 1.59. The van der Waals surface area contributed by atoms with E-state index in [0.29, 0.717) is 18.7 Å². The molecular formula is C14H20N2O4. The SMILES string of the molecule is CCC(CNC(=O)N(C)c1cccc(O)c1)CC(=O)O. The van der Waals surface area contributed by atoms with Gasteiger partial charge < -0.3 is 15.5 Å². The monoisotopic (exact) mass is 280 g/mol. The van der Waals surface area contributed by atoms with Crippen LogP contribution in [0.2, 0.25) is 0 Å². The van der Waals surface area contributed by atoms with Crippen molar-refractivity contribution in [3.63, 3.8) is 0 Å². The van der Waals surface area contributed by atoms with E-state index in [1.54, 1.807) is 19.2 Å². The van der Waals surface area contributed by atoms with E-state index in [0.717, 1.165) is 0 Å². The molecule has 0 saturated carbocycles. The fourth-order valence-corrected chi connectivity index (χ4v) is 1.78. The van der Waals surface area contributed by atoms with Crippen LogP contribution in [0.1, 0.15) is 19.8 Å². The molecule has 0 aliphatic rings. The zero-order chi connectivity index (χ0) is 15.1. The lowest BCUT2D eigenvalue weighted by Crippen LogP contribution is -2.40. The molecule has 0 heterocycles. The van der Waals surface area contributed by atoms with E-state index in [1.807, 2.05) is 6.92 Å². The van der Waals surface area contributed by atoms with Gasteiger partial charge in [0.1, 0.15) is 5.75 Å². The summed E-state index contributed by atoms with van der Waals surface area (Å²) in [5, 5.41) is 20.8. The van der Waals surface area contributed by atoms with Crippen LogP contribution in [0, 0.1) is 5.92 Å². The third-order valence-corrected chi connectivity index (χ3v) is 3.10. The summed E-state index contributed by atoms with van der Waals surface area (Å²) in [5.74, 6) is -0.874. The van der Waals surface area contributed by atoms with E-state index in [1.165, 1.54) is 17.0 Å². The number of carbonyl (C=O) groups excluding carboxylic acids is 1. The Hall–Kier alpha value is -2.24. The van der Waals surface area contributed by atoms with Gasteiger partial charge in [-0.25, -0.2) is 4.79 Å². The lowest BCUT2D eigenvalue weighted by atomic mass is 10.0. The number of aromatic hydroxyl groups is 1. The molecule has 2 amide bonds. The molecule has 20 heavy (non-hydrogen) atoms. The number of nitrogens with one attached hydrogen (secondary N) is 1. The number of hydrogen-bond acceptors (Lipinski definition) is 3. The molecule has 0 spiro atoms. The van der Waals surface area contributed by atoms with Crippen molar-refractivity contribution < 1.29 is 19.8 Å². The van der Waals surface area contributed by atoms with Crippen LogP contribution in [0.15, 0.2) is 24.3 Å². The molecule has 6 nitrogen and oxygen atoms in total. The summed E-state index contributed by atoms with van der Waals surface area (Å²) in [5.41, 5.74) is 0.564. The number of carboxylic acid groups (broad SMARTS) is 1. The van der Waals surface area contributed by atoms with Crippen molar-refractivity contribution in [3.05, 3.63) is 24.3 Å². The van der Waals surface area contributed by atoms with Crippen molar-refractivity contribution in [3.8, 4) is 5.75 Å². The van der Waals surface area contributed by atoms with E-state index in [-0.39, 0.29) is 24.1 Å². The molecule has 0 fully saturated rings. The largest absolute Gasteiger partial charge is 0.508 e. The minimum absolute atomic E-state index is 0.0343.